The lowest BCUT2D eigenvalue weighted by Gasteiger charge is -2.14. The van der Waals surface area contributed by atoms with Gasteiger partial charge in [-0.1, -0.05) is 188 Å². The number of aromatic nitrogens is 4. The first-order valence-electron chi connectivity index (χ1n) is 25.5. The second-order valence-corrected chi connectivity index (χ2v) is 20.5. The summed E-state index contributed by atoms with van der Waals surface area (Å²) in [4.78, 5) is 16.0. The van der Waals surface area contributed by atoms with Crippen molar-refractivity contribution in [1.82, 2.24) is 19.5 Å². The third-order valence-corrected chi connectivity index (χ3v) is 16.3. The Morgan fingerprint density at radius 1 is 0.316 bits per heavy atom. The van der Waals surface area contributed by atoms with Crippen LogP contribution in [0.2, 0.25) is 0 Å². The van der Waals surface area contributed by atoms with E-state index in [4.69, 9.17) is 23.8 Å². The van der Waals surface area contributed by atoms with Crippen LogP contribution in [0.25, 0.3) is 159 Å². The van der Waals surface area contributed by atoms with Crippen LogP contribution >= 0.6 is 11.3 Å². The lowest BCUT2D eigenvalue weighted by Crippen LogP contribution is -2.07. The molecule has 0 aliphatic rings. The normalized spacial score (nSPS) is 11.9. The molecule has 6 nitrogen and oxygen atoms in total. The van der Waals surface area contributed by atoms with Crippen molar-refractivity contribution in [2.45, 2.75) is 0 Å². The molecular weight excluding hydrogens is 949 g/mol. The summed E-state index contributed by atoms with van der Waals surface area (Å²) in [5.41, 5.74) is 15.9. The summed E-state index contributed by atoms with van der Waals surface area (Å²) in [7, 11) is 0. The van der Waals surface area contributed by atoms with Crippen molar-refractivity contribution in [2.24, 2.45) is 0 Å². The highest BCUT2D eigenvalue weighted by atomic mass is 32.1. The smallest absolute Gasteiger partial charge is 0.238 e. The lowest BCUT2D eigenvalue weighted by molar-refractivity contribution is 0.669. The van der Waals surface area contributed by atoms with Crippen molar-refractivity contribution in [1.29, 1.82) is 0 Å². The van der Waals surface area contributed by atoms with E-state index < -0.39 is 0 Å². The minimum absolute atomic E-state index is 0.507. The number of fused-ring (bicyclic) bond motifs is 12. The molecular formula is C69H40N4O2S. The zero-order valence-electron chi connectivity index (χ0n) is 40.6. The van der Waals surface area contributed by atoms with E-state index >= 15 is 0 Å². The van der Waals surface area contributed by atoms with Gasteiger partial charge in [0.1, 0.15) is 22.3 Å². The number of furan rings is 2. The van der Waals surface area contributed by atoms with Crippen LogP contribution in [0.4, 0.5) is 0 Å². The summed E-state index contributed by atoms with van der Waals surface area (Å²) >= 11 is 1.86. The van der Waals surface area contributed by atoms with Gasteiger partial charge in [-0.2, -0.15) is 9.97 Å². The molecule has 5 heterocycles. The second-order valence-electron chi connectivity index (χ2n) is 19.4. The molecule has 0 unspecified atom stereocenters. The fourth-order valence-corrected chi connectivity index (χ4v) is 12.8. The molecule has 0 aliphatic heterocycles. The van der Waals surface area contributed by atoms with E-state index in [1.807, 2.05) is 59.9 Å². The lowest BCUT2D eigenvalue weighted by atomic mass is 9.95. The summed E-state index contributed by atoms with van der Waals surface area (Å²) in [6.07, 6.45) is 0. The monoisotopic (exact) mass is 988 g/mol. The van der Waals surface area contributed by atoms with Crippen molar-refractivity contribution in [3.8, 4) is 73.2 Å². The molecule has 16 rings (SSSR count). The molecule has 0 aliphatic carbocycles. The van der Waals surface area contributed by atoms with E-state index in [1.165, 1.54) is 31.3 Å². The molecule has 0 atom stereocenters. The molecule has 0 fully saturated rings. The Bertz CT molecular complexity index is 5020. The molecule has 76 heavy (non-hydrogen) atoms. The van der Waals surface area contributed by atoms with E-state index in [1.54, 1.807) is 0 Å². The number of hydrogen-bond donors (Lipinski definition) is 0. The Morgan fingerprint density at radius 3 is 1.67 bits per heavy atom. The Labute approximate surface area is 439 Å². The standard InChI is InChI=1S/C69H40N4O2S/c1-2-15-41(16-3-1)67-70-68(47-33-35-53-51-21-4-7-30-60(51)74-62(53)40-47)72-69(71-67)73-59-36-34-46(49-25-13-28-56-52-22-5-8-31-61(52)75-65(49)56)39-58(59)55-27-12-24-48(64(55)73)44-19-10-17-42(37-44)43-18-11-20-45(38-43)50-26-14-29-57-54-23-6-9-32-63(54)76-66(50)57/h1-40H. The highest BCUT2D eigenvalue weighted by Gasteiger charge is 2.23. The molecule has 11 aromatic carbocycles. The van der Waals surface area contributed by atoms with Gasteiger partial charge >= 0.3 is 0 Å². The zero-order valence-corrected chi connectivity index (χ0v) is 41.4. The number of nitrogens with zero attached hydrogens (tertiary/aromatic N) is 4. The highest BCUT2D eigenvalue weighted by molar-refractivity contribution is 7.26. The number of hydrogen-bond acceptors (Lipinski definition) is 6. The van der Waals surface area contributed by atoms with Crippen LogP contribution in [-0.4, -0.2) is 19.5 Å². The quantitative estimate of drug-likeness (QED) is 0.159. The van der Waals surface area contributed by atoms with Gasteiger partial charge in [-0.25, -0.2) is 4.98 Å². The maximum Gasteiger partial charge on any atom is 0.238 e. The van der Waals surface area contributed by atoms with Gasteiger partial charge in [-0.15, -0.1) is 11.3 Å². The Morgan fingerprint density at radius 2 is 0.868 bits per heavy atom. The first-order valence-corrected chi connectivity index (χ1v) is 26.3. The van der Waals surface area contributed by atoms with Crippen molar-refractivity contribution in [2.75, 3.05) is 0 Å². The summed E-state index contributed by atoms with van der Waals surface area (Å²) < 4.78 is 17.9. The van der Waals surface area contributed by atoms with Crippen molar-refractivity contribution >= 4 is 97.2 Å². The van der Waals surface area contributed by atoms with Gasteiger partial charge in [-0.05, 0) is 88.0 Å². The minimum Gasteiger partial charge on any atom is -0.456 e. The van der Waals surface area contributed by atoms with Crippen LogP contribution in [0.5, 0.6) is 0 Å². The summed E-state index contributed by atoms with van der Waals surface area (Å²) in [6.45, 7) is 0. The van der Waals surface area contributed by atoms with Crippen LogP contribution in [-0.2, 0) is 0 Å². The van der Waals surface area contributed by atoms with Gasteiger partial charge in [0, 0.05) is 74.7 Å². The van der Waals surface area contributed by atoms with E-state index in [0.717, 1.165) is 110 Å². The largest absolute Gasteiger partial charge is 0.456 e. The van der Waals surface area contributed by atoms with Gasteiger partial charge in [0.25, 0.3) is 0 Å². The van der Waals surface area contributed by atoms with Crippen molar-refractivity contribution in [3.63, 3.8) is 0 Å². The molecule has 7 heteroatoms. The molecule has 16 aromatic rings. The van der Waals surface area contributed by atoms with Crippen LogP contribution in [0, 0.1) is 0 Å². The second kappa shape index (κ2) is 16.8. The predicted octanol–water partition coefficient (Wildman–Crippen LogP) is 19.1. The molecule has 0 saturated heterocycles. The fraction of sp³-hybridized carbons (Fsp3) is 0. The SMILES string of the molecule is c1ccc(-c2nc(-c3ccc4c(c3)oc3ccccc34)nc(-n3c4ccc(-c5cccc6c5oc5ccccc56)cc4c4cccc(-c5cccc(-c6cccc(-c7cccc8c7sc7ccccc78)c6)c5)c43)n2)cc1. The van der Waals surface area contributed by atoms with Gasteiger partial charge in [0.15, 0.2) is 11.6 Å². The van der Waals surface area contributed by atoms with Crippen molar-refractivity contribution in [3.05, 3.63) is 243 Å². The van der Waals surface area contributed by atoms with Crippen LogP contribution in [0.1, 0.15) is 0 Å². The number of para-hydroxylation sites is 4. The average Bonchev–Trinajstić information content (AvgIpc) is 4.32. The van der Waals surface area contributed by atoms with Crippen LogP contribution in [0.3, 0.4) is 0 Å². The van der Waals surface area contributed by atoms with E-state index in [2.05, 4.69) is 199 Å². The Hall–Kier alpha value is -9.95. The molecule has 0 radical (unpaired) electrons. The third-order valence-electron chi connectivity index (χ3n) is 15.1. The average molecular weight is 989 g/mol. The van der Waals surface area contributed by atoms with Gasteiger partial charge < -0.3 is 8.83 Å². The maximum atomic E-state index is 6.62. The number of rotatable bonds is 7. The molecule has 354 valence electrons. The number of thiophene rings is 1. The summed E-state index contributed by atoms with van der Waals surface area (Å²) in [5, 5.41) is 9.03. The van der Waals surface area contributed by atoms with E-state index in [9.17, 15) is 0 Å². The Kier molecular flexibility index (Phi) is 9.40. The molecule has 0 amide bonds. The van der Waals surface area contributed by atoms with E-state index in [-0.39, 0.29) is 0 Å². The zero-order chi connectivity index (χ0) is 49.8. The van der Waals surface area contributed by atoms with Crippen LogP contribution in [0.15, 0.2) is 251 Å². The van der Waals surface area contributed by atoms with Gasteiger partial charge in [0.2, 0.25) is 5.95 Å². The third kappa shape index (κ3) is 6.69. The topological polar surface area (TPSA) is 69.9 Å². The summed E-state index contributed by atoms with van der Waals surface area (Å²) in [6, 6.07) is 85.8. The first-order chi connectivity index (χ1) is 37.6. The van der Waals surface area contributed by atoms with Crippen molar-refractivity contribution < 1.29 is 8.83 Å². The minimum atomic E-state index is 0.507. The maximum absolute atomic E-state index is 6.62. The number of benzene rings is 11. The predicted molar refractivity (Wildman–Crippen MR) is 314 cm³/mol. The molecule has 0 bridgehead atoms. The summed E-state index contributed by atoms with van der Waals surface area (Å²) in [5.74, 6) is 1.62. The fourth-order valence-electron chi connectivity index (χ4n) is 11.5. The van der Waals surface area contributed by atoms with Gasteiger partial charge in [0.05, 0.1) is 11.0 Å². The molecule has 5 aromatic heterocycles. The Balaban J connectivity index is 0.915. The molecule has 0 N–H and O–H groups in total. The first kappa shape index (κ1) is 42.5. The highest BCUT2D eigenvalue weighted by Crippen LogP contribution is 2.44. The molecule has 0 saturated carbocycles. The van der Waals surface area contributed by atoms with E-state index in [0.29, 0.717) is 17.6 Å². The van der Waals surface area contributed by atoms with Gasteiger partial charge in [-0.3, -0.25) is 4.57 Å². The van der Waals surface area contributed by atoms with Crippen LogP contribution < -0.4 is 0 Å². The molecule has 0 spiro atoms.